The summed E-state index contributed by atoms with van der Waals surface area (Å²) in [4.78, 5) is 0. The van der Waals surface area contributed by atoms with E-state index in [1.54, 1.807) is 11.1 Å². The van der Waals surface area contributed by atoms with Gasteiger partial charge in [0.05, 0.1) is 0 Å². The Bertz CT molecular complexity index is 723. The fourth-order valence-corrected chi connectivity index (χ4v) is 4.88. The molecule has 2 aliphatic rings. The molecule has 0 bridgehead atoms. The number of nitrogens with zero attached hydrogens (tertiary/aromatic N) is 1. The maximum atomic E-state index is 2.49. The van der Waals surface area contributed by atoms with E-state index >= 15 is 0 Å². The van der Waals surface area contributed by atoms with Crippen molar-refractivity contribution in [2.45, 2.75) is 58.3 Å². The topological polar surface area (TPSA) is 3.88 Å². The van der Waals surface area contributed by atoms with E-state index in [1.165, 1.54) is 68.2 Å². The summed E-state index contributed by atoms with van der Waals surface area (Å²) in [5, 5.41) is 0. The van der Waals surface area contributed by atoms with Crippen molar-refractivity contribution in [3.8, 4) is 11.3 Å². The van der Waals surface area contributed by atoms with Gasteiger partial charge < -0.3 is 0 Å². The van der Waals surface area contributed by atoms with Crippen LogP contribution in [0.3, 0.4) is 0 Å². The van der Waals surface area contributed by atoms with Crippen LogP contribution in [0.15, 0.2) is 36.5 Å². The smallest absolute Gasteiger partial charge is 0.201 e. The van der Waals surface area contributed by atoms with Crippen LogP contribution in [0, 0.1) is 12.3 Å². The van der Waals surface area contributed by atoms with Gasteiger partial charge in [0.2, 0.25) is 5.69 Å². The highest BCUT2D eigenvalue weighted by molar-refractivity contribution is 5.61. The number of benzene rings is 1. The monoisotopic (exact) mass is 306 g/mol. The van der Waals surface area contributed by atoms with Gasteiger partial charge >= 0.3 is 0 Å². The van der Waals surface area contributed by atoms with Crippen molar-refractivity contribution in [2.24, 2.45) is 12.5 Å². The van der Waals surface area contributed by atoms with Crippen molar-refractivity contribution in [1.29, 1.82) is 0 Å². The molecular weight excluding hydrogens is 278 g/mol. The SMILES string of the molecule is Cc1ccccc1-c1cc2c(c[n+]1C)CCC1(CCCCC1)C2. The Morgan fingerprint density at radius 1 is 0.957 bits per heavy atom. The average molecular weight is 306 g/mol. The molecule has 0 N–H and O–H groups in total. The number of hydrogen-bond acceptors (Lipinski definition) is 0. The molecule has 1 heteroatoms. The van der Waals surface area contributed by atoms with Gasteiger partial charge in [0, 0.05) is 17.2 Å². The summed E-state index contributed by atoms with van der Waals surface area (Å²) >= 11 is 0. The fraction of sp³-hybridized carbons (Fsp3) is 0.500. The van der Waals surface area contributed by atoms with Gasteiger partial charge in [0.15, 0.2) is 6.20 Å². The van der Waals surface area contributed by atoms with Crippen LogP contribution in [0.1, 0.15) is 55.2 Å². The summed E-state index contributed by atoms with van der Waals surface area (Å²) in [5.41, 5.74) is 7.94. The normalized spacial score (nSPS) is 19.6. The zero-order chi connectivity index (χ0) is 15.9. The van der Waals surface area contributed by atoms with E-state index in [1.807, 2.05) is 0 Å². The van der Waals surface area contributed by atoms with E-state index < -0.39 is 0 Å². The van der Waals surface area contributed by atoms with E-state index in [4.69, 9.17) is 0 Å². The van der Waals surface area contributed by atoms with Crippen molar-refractivity contribution < 1.29 is 4.57 Å². The third-order valence-corrected chi connectivity index (χ3v) is 6.28. The number of pyridine rings is 1. The molecule has 0 radical (unpaired) electrons. The van der Waals surface area contributed by atoms with Crippen LogP contribution in [0.4, 0.5) is 0 Å². The van der Waals surface area contributed by atoms with E-state index in [0.29, 0.717) is 5.41 Å². The molecule has 0 atom stereocenters. The van der Waals surface area contributed by atoms with Crippen LogP contribution < -0.4 is 4.57 Å². The first-order chi connectivity index (χ1) is 11.2. The first-order valence-electron chi connectivity index (χ1n) is 9.24. The van der Waals surface area contributed by atoms with Crippen LogP contribution in [0.5, 0.6) is 0 Å². The molecule has 1 nitrogen and oxygen atoms in total. The average Bonchev–Trinajstić information content (AvgIpc) is 2.56. The molecule has 1 saturated carbocycles. The Morgan fingerprint density at radius 3 is 2.52 bits per heavy atom. The minimum absolute atomic E-state index is 0.619. The zero-order valence-electron chi connectivity index (χ0n) is 14.6. The largest absolute Gasteiger partial charge is 0.212 e. The first kappa shape index (κ1) is 14.9. The quantitative estimate of drug-likeness (QED) is 0.658. The summed E-state index contributed by atoms with van der Waals surface area (Å²) in [6.45, 7) is 2.22. The van der Waals surface area contributed by atoms with Crippen molar-refractivity contribution in [3.63, 3.8) is 0 Å². The third kappa shape index (κ3) is 2.71. The Hall–Kier alpha value is -1.63. The fourth-order valence-electron chi connectivity index (χ4n) is 4.88. The maximum absolute atomic E-state index is 2.49. The predicted molar refractivity (Wildman–Crippen MR) is 95.3 cm³/mol. The number of rotatable bonds is 1. The number of aryl methyl sites for hydroxylation is 3. The summed E-state index contributed by atoms with van der Waals surface area (Å²) < 4.78 is 2.33. The molecule has 1 aromatic carbocycles. The van der Waals surface area contributed by atoms with Gasteiger partial charge in [-0.2, -0.15) is 0 Å². The molecule has 1 spiro atoms. The highest BCUT2D eigenvalue weighted by Crippen LogP contribution is 2.46. The van der Waals surface area contributed by atoms with Gasteiger partial charge in [-0.15, -0.1) is 0 Å². The van der Waals surface area contributed by atoms with Gasteiger partial charge in [0.25, 0.3) is 0 Å². The second-order valence-electron chi connectivity index (χ2n) is 7.87. The first-order valence-corrected chi connectivity index (χ1v) is 9.24. The summed E-state index contributed by atoms with van der Waals surface area (Å²) in [5.74, 6) is 0. The number of fused-ring (bicyclic) bond motifs is 1. The van der Waals surface area contributed by atoms with E-state index in [9.17, 15) is 0 Å². The second-order valence-corrected chi connectivity index (χ2v) is 7.87. The standard InChI is InChI=1S/C22H28N/c1-17-8-4-5-9-20(17)21-14-19-15-22(11-6-3-7-12-22)13-10-18(19)16-23(21)2/h4-5,8-9,14,16H,3,6-7,10-13,15H2,1-2H3/q+1. The molecule has 1 heterocycles. The van der Waals surface area contributed by atoms with Crippen LogP contribution in [0.25, 0.3) is 11.3 Å². The molecule has 0 amide bonds. The van der Waals surface area contributed by atoms with Crippen LogP contribution in [-0.4, -0.2) is 0 Å². The maximum Gasteiger partial charge on any atom is 0.212 e. The molecule has 2 aliphatic carbocycles. The van der Waals surface area contributed by atoms with Gasteiger partial charge in [0.1, 0.15) is 7.05 Å². The summed E-state index contributed by atoms with van der Waals surface area (Å²) in [6, 6.07) is 11.3. The van der Waals surface area contributed by atoms with E-state index in [0.717, 1.165) is 0 Å². The molecule has 1 fully saturated rings. The van der Waals surface area contributed by atoms with E-state index in [-0.39, 0.29) is 0 Å². The van der Waals surface area contributed by atoms with Crippen molar-refractivity contribution >= 4 is 0 Å². The lowest BCUT2D eigenvalue weighted by Gasteiger charge is -2.41. The Labute approximate surface area is 140 Å². The Kier molecular flexibility index (Phi) is 3.75. The van der Waals surface area contributed by atoms with Crippen LogP contribution >= 0.6 is 0 Å². The lowest BCUT2D eigenvalue weighted by molar-refractivity contribution is -0.661. The highest BCUT2D eigenvalue weighted by atomic mass is 14.9. The van der Waals surface area contributed by atoms with Crippen LogP contribution in [-0.2, 0) is 19.9 Å². The van der Waals surface area contributed by atoms with Gasteiger partial charge in [-0.25, -0.2) is 4.57 Å². The predicted octanol–water partition coefficient (Wildman–Crippen LogP) is 4.93. The third-order valence-electron chi connectivity index (χ3n) is 6.28. The zero-order valence-corrected chi connectivity index (χ0v) is 14.6. The molecule has 4 rings (SSSR count). The Morgan fingerprint density at radius 2 is 1.74 bits per heavy atom. The number of aromatic nitrogens is 1. The summed E-state index contributed by atoms with van der Waals surface area (Å²) in [6.07, 6.45) is 13.6. The Balaban J connectivity index is 1.75. The molecule has 23 heavy (non-hydrogen) atoms. The molecule has 1 aromatic heterocycles. The second kappa shape index (κ2) is 5.78. The number of hydrogen-bond donors (Lipinski definition) is 0. The lowest BCUT2D eigenvalue weighted by Crippen LogP contribution is -2.36. The highest BCUT2D eigenvalue weighted by Gasteiger charge is 2.36. The minimum Gasteiger partial charge on any atom is -0.201 e. The minimum atomic E-state index is 0.619. The molecule has 0 unspecified atom stereocenters. The molecule has 0 saturated heterocycles. The summed E-state index contributed by atoms with van der Waals surface area (Å²) in [7, 11) is 2.20. The van der Waals surface area contributed by atoms with Crippen molar-refractivity contribution in [1.82, 2.24) is 0 Å². The molecule has 2 aromatic rings. The molecule has 120 valence electrons. The van der Waals surface area contributed by atoms with Crippen LogP contribution in [0.2, 0.25) is 0 Å². The van der Waals surface area contributed by atoms with Gasteiger partial charge in [-0.3, -0.25) is 0 Å². The van der Waals surface area contributed by atoms with Gasteiger partial charge in [-0.1, -0.05) is 37.5 Å². The van der Waals surface area contributed by atoms with Crippen molar-refractivity contribution in [3.05, 3.63) is 53.2 Å². The lowest BCUT2D eigenvalue weighted by atomic mass is 9.64. The van der Waals surface area contributed by atoms with E-state index in [2.05, 4.69) is 55.1 Å². The molecular formula is C22H28N+. The van der Waals surface area contributed by atoms with Crippen molar-refractivity contribution in [2.75, 3.05) is 0 Å². The molecule has 0 aliphatic heterocycles. The van der Waals surface area contributed by atoms with Gasteiger partial charge in [-0.05, 0) is 61.6 Å².